The van der Waals surface area contributed by atoms with Crippen LogP contribution < -0.4 is 5.73 Å². The summed E-state index contributed by atoms with van der Waals surface area (Å²) in [6.07, 6.45) is 2.85. The van der Waals surface area contributed by atoms with Crippen LogP contribution in [-0.4, -0.2) is 38.6 Å². The summed E-state index contributed by atoms with van der Waals surface area (Å²) >= 11 is 0. The summed E-state index contributed by atoms with van der Waals surface area (Å²) in [5.41, 5.74) is 7.11. The second-order valence-electron chi connectivity index (χ2n) is 5.01. The molecule has 1 aliphatic heterocycles. The third kappa shape index (κ3) is 2.58. The first-order chi connectivity index (χ1) is 8.48. The molecule has 18 heavy (non-hydrogen) atoms. The Labute approximate surface area is 109 Å². The zero-order valence-corrected chi connectivity index (χ0v) is 11.5. The quantitative estimate of drug-likeness (QED) is 0.887. The van der Waals surface area contributed by atoms with Crippen molar-refractivity contribution in [2.24, 2.45) is 5.73 Å². The molecule has 1 heterocycles. The summed E-state index contributed by atoms with van der Waals surface area (Å²) in [6.45, 7) is 1.68. The van der Waals surface area contributed by atoms with E-state index < -0.39 is 10.0 Å². The zero-order valence-electron chi connectivity index (χ0n) is 10.7. The first kappa shape index (κ1) is 13.5. The van der Waals surface area contributed by atoms with Gasteiger partial charge in [-0.2, -0.15) is 0 Å². The van der Waals surface area contributed by atoms with Crippen molar-refractivity contribution < 1.29 is 8.42 Å². The van der Waals surface area contributed by atoms with Crippen LogP contribution in [0.2, 0.25) is 0 Å². The molecule has 0 bridgehead atoms. The van der Waals surface area contributed by atoms with Gasteiger partial charge < -0.3 is 5.73 Å². The minimum atomic E-state index is -3.07. The van der Waals surface area contributed by atoms with Crippen LogP contribution >= 0.6 is 0 Å². The smallest absolute Gasteiger partial charge is 0.211 e. The Balaban J connectivity index is 2.19. The number of hydrogen-bond acceptors (Lipinski definition) is 3. The van der Waals surface area contributed by atoms with E-state index in [9.17, 15) is 8.42 Å². The summed E-state index contributed by atoms with van der Waals surface area (Å²) in [5, 5.41) is 0. The van der Waals surface area contributed by atoms with Crippen LogP contribution in [0.25, 0.3) is 0 Å². The van der Waals surface area contributed by atoms with Gasteiger partial charge in [-0.05, 0) is 18.4 Å². The molecule has 0 atom stereocenters. The maximum absolute atomic E-state index is 11.5. The van der Waals surface area contributed by atoms with Gasteiger partial charge in [0.25, 0.3) is 0 Å². The van der Waals surface area contributed by atoms with Crippen LogP contribution in [-0.2, 0) is 15.4 Å². The van der Waals surface area contributed by atoms with Gasteiger partial charge in [0.15, 0.2) is 0 Å². The molecule has 5 heteroatoms. The van der Waals surface area contributed by atoms with E-state index >= 15 is 0 Å². The van der Waals surface area contributed by atoms with Crippen LogP contribution in [0.15, 0.2) is 30.3 Å². The molecule has 1 aromatic carbocycles. The van der Waals surface area contributed by atoms with Crippen molar-refractivity contribution in [1.82, 2.24) is 4.31 Å². The predicted molar refractivity (Wildman–Crippen MR) is 72.8 cm³/mol. The highest BCUT2D eigenvalue weighted by molar-refractivity contribution is 7.88. The van der Waals surface area contributed by atoms with Crippen LogP contribution in [0.1, 0.15) is 18.4 Å². The van der Waals surface area contributed by atoms with Gasteiger partial charge >= 0.3 is 0 Å². The molecule has 0 radical (unpaired) electrons. The monoisotopic (exact) mass is 268 g/mol. The van der Waals surface area contributed by atoms with Crippen molar-refractivity contribution in [2.75, 3.05) is 25.9 Å². The maximum Gasteiger partial charge on any atom is 0.211 e. The lowest BCUT2D eigenvalue weighted by Crippen LogP contribution is -2.48. The van der Waals surface area contributed by atoms with Gasteiger partial charge in [-0.25, -0.2) is 12.7 Å². The SMILES string of the molecule is CS(=O)(=O)N1CCC(CN)(c2ccccc2)CC1. The summed E-state index contributed by atoms with van der Waals surface area (Å²) in [5.74, 6) is 0. The summed E-state index contributed by atoms with van der Waals surface area (Å²) in [4.78, 5) is 0. The second kappa shape index (κ2) is 4.99. The highest BCUT2D eigenvalue weighted by atomic mass is 32.2. The maximum atomic E-state index is 11.5. The van der Waals surface area contributed by atoms with Crippen molar-refractivity contribution in [3.05, 3.63) is 35.9 Å². The van der Waals surface area contributed by atoms with Gasteiger partial charge in [0.2, 0.25) is 10.0 Å². The first-order valence-corrected chi connectivity index (χ1v) is 8.03. The predicted octanol–water partition coefficient (Wildman–Crippen LogP) is 0.939. The molecule has 100 valence electrons. The Kier molecular flexibility index (Phi) is 3.75. The molecule has 0 amide bonds. The first-order valence-electron chi connectivity index (χ1n) is 6.19. The average molecular weight is 268 g/mol. The molecule has 2 rings (SSSR count). The third-order valence-corrected chi connectivity index (χ3v) is 5.23. The molecule has 1 saturated heterocycles. The number of sulfonamides is 1. The molecule has 1 aromatic rings. The summed E-state index contributed by atoms with van der Waals surface area (Å²) < 4.78 is 24.6. The Morgan fingerprint density at radius 3 is 2.22 bits per heavy atom. The highest BCUT2D eigenvalue weighted by Crippen LogP contribution is 2.35. The molecule has 4 nitrogen and oxygen atoms in total. The fraction of sp³-hybridized carbons (Fsp3) is 0.538. The number of benzene rings is 1. The Morgan fingerprint density at radius 1 is 1.22 bits per heavy atom. The molecule has 0 spiro atoms. The standard InChI is InChI=1S/C13H20N2O2S/c1-18(16,17)15-9-7-13(11-14,8-10-15)12-5-3-2-4-6-12/h2-6H,7-11,14H2,1H3. The Morgan fingerprint density at radius 2 is 1.78 bits per heavy atom. The lowest BCUT2D eigenvalue weighted by molar-refractivity contribution is 0.238. The summed E-state index contributed by atoms with van der Waals surface area (Å²) in [7, 11) is -3.07. The van der Waals surface area contributed by atoms with Crippen LogP contribution in [0.3, 0.4) is 0 Å². The molecular formula is C13H20N2O2S. The minimum absolute atomic E-state index is 0.0670. The van der Waals surface area contributed by atoms with Crippen molar-refractivity contribution >= 4 is 10.0 Å². The van der Waals surface area contributed by atoms with Crippen molar-refractivity contribution in [2.45, 2.75) is 18.3 Å². The van der Waals surface area contributed by atoms with E-state index in [1.807, 2.05) is 18.2 Å². The topological polar surface area (TPSA) is 63.4 Å². The fourth-order valence-corrected chi connectivity index (χ4v) is 3.49. The lowest BCUT2D eigenvalue weighted by atomic mass is 9.73. The number of nitrogens with two attached hydrogens (primary N) is 1. The average Bonchev–Trinajstić information content (AvgIpc) is 2.39. The van der Waals surface area contributed by atoms with E-state index in [0.29, 0.717) is 19.6 Å². The van der Waals surface area contributed by atoms with E-state index in [2.05, 4.69) is 12.1 Å². The molecule has 0 saturated carbocycles. The van der Waals surface area contributed by atoms with E-state index in [0.717, 1.165) is 12.8 Å². The van der Waals surface area contributed by atoms with Crippen LogP contribution in [0.5, 0.6) is 0 Å². The second-order valence-corrected chi connectivity index (χ2v) is 6.99. The molecule has 0 aliphatic carbocycles. The molecule has 1 fully saturated rings. The minimum Gasteiger partial charge on any atom is -0.330 e. The van der Waals surface area contributed by atoms with E-state index in [1.165, 1.54) is 11.8 Å². The summed E-state index contributed by atoms with van der Waals surface area (Å²) in [6, 6.07) is 10.2. The van der Waals surface area contributed by atoms with Gasteiger partial charge in [0.1, 0.15) is 0 Å². The van der Waals surface area contributed by atoms with E-state index in [1.54, 1.807) is 4.31 Å². The van der Waals surface area contributed by atoms with Crippen molar-refractivity contribution in [3.8, 4) is 0 Å². The van der Waals surface area contributed by atoms with E-state index in [4.69, 9.17) is 5.73 Å². The number of hydrogen-bond donors (Lipinski definition) is 1. The van der Waals surface area contributed by atoms with Gasteiger partial charge in [-0.1, -0.05) is 30.3 Å². The van der Waals surface area contributed by atoms with E-state index in [-0.39, 0.29) is 5.41 Å². The number of nitrogens with zero attached hydrogens (tertiary/aromatic N) is 1. The number of piperidine rings is 1. The Bertz CT molecular complexity index is 491. The highest BCUT2D eigenvalue weighted by Gasteiger charge is 2.37. The van der Waals surface area contributed by atoms with Crippen LogP contribution in [0, 0.1) is 0 Å². The molecule has 1 aliphatic rings. The lowest BCUT2D eigenvalue weighted by Gasteiger charge is -2.40. The zero-order chi connectivity index (χ0) is 13.2. The van der Waals surface area contributed by atoms with Gasteiger partial charge in [0, 0.05) is 25.0 Å². The molecule has 0 aromatic heterocycles. The molecule has 0 unspecified atom stereocenters. The van der Waals surface area contributed by atoms with Crippen molar-refractivity contribution in [3.63, 3.8) is 0 Å². The van der Waals surface area contributed by atoms with Gasteiger partial charge in [-0.15, -0.1) is 0 Å². The largest absolute Gasteiger partial charge is 0.330 e. The number of rotatable bonds is 3. The molecule has 2 N–H and O–H groups in total. The third-order valence-electron chi connectivity index (χ3n) is 3.93. The normalized spacial score (nSPS) is 20.8. The van der Waals surface area contributed by atoms with Crippen molar-refractivity contribution in [1.29, 1.82) is 0 Å². The van der Waals surface area contributed by atoms with Crippen LogP contribution in [0.4, 0.5) is 0 Å². The Hall–Kier alpha value is -0.910. The van der Waals surface area contributed by atoms with Gasteiger partial charge in [0.05, 0.1) is 6.26 Å². The van der Waals surface area contributed by atoms with Gasteiger partial charge in [-0.3, -0.25) is 0 Å². The fourth-order valence-electron chi connectivity index (χ4n) is 2.65. The molecular weight excluding hydrogens is 248 g/mol.